The van der Waals surface area contributed by atoms with E-state index in [1.165, 1.54) is 63.3 Å². The van der Waals surface area contributed by atoms with Gasteiger partial charge in [0.15, 0.2) is 0 Å². The first-order chi connectivity index (χ1) is 16.4. The molecule has 33 heavy (non-hydrogen) atoms. The Bertz CT molecular complexity index is 1280. The average Bonchev–Trinajstić information content (AvgIpc) is 3.52. The van der Waals surface area contributed by atoms with Crippen molar-refractivity contribution < 1.29 is 1.37 Å². The van der Waals surface area contributed by atoms with Gasteiger partial charge in [-0.25, -0.2) is 0 Å². The number of rotatable bonds is 3. The van der Waals surface area contributed by atoms with Crippen LogP contribution < -0.4 is 4.90 Å². The largest absolute Gasteiger partial charge is 0.338 e. The highest BCUT2D eigenvalue weighted by Crippen LogP contribution is 2.59. The molecule has 3 aromatic carbocycles. The molecule has 3 aromatic rings. The van der Waals surface area contributed by atoms with Crippen LogP contribution in [0, 0.1) is 26.7 Å². The van der Waals surface area contributed by atoms with Gasteiger partial charge < -0.3 is 9.80 Å². The average molecular weight is 436 g/mol. The van der Waals surface area contributed by atoms with Crippen molar-refractivity contribution in [2.75, 3.05) is 4.90 Å². The van der Waals surface area contributed by atoms with Crippen LogP contribution in [0.15, 0.2) is 72.4 Å². The van der Waals surface area contributed by atoms with Crippen LogP contribution in [-0.4, -0.2) is 4.90 Å². The van der Waals surface area contributed by atoms with E-state index in [2.05, 4.69) is 104 Å². The van der Waals surface area contributed by atoms with Crippen LogP contribution in [-0.2, 0) is 0 Å². The molecule has 168 valence electrons. The first-order valence-corrected chi connectivity index (χ1v) is 12.5. The Morgan fingerprint density at radius 3 is 2.12 bits per heavy atom. The van der Waals surface area contributed by atoms with Gasteiger partial charge in [-0.3, -0.25) is 0 Å². The van der Waals surface area contributed by atoms with E-state index in [-0.39, 0.29) is 6.17 Å². The van der Waals surface area contributed by atoms with Crippen LogP contribution in [0.5, 0.6) is 0 Å². The van der Waals surface area contributed by atoms with E-state index in [1.54, 1.807) is 0 Å². The van der Waals surface area contributed by atoms with Gasteiger partial charge in [-0.15, -0.1) is 0 Å². The molecule has 0 amide bonds. The standard InChI is InChI=1S/C31H34N2/c1-20-12-5-10-19-27(20)32-23(4)29-25-17-8-9-18-26(25)30(24-15-6-7-16-24)33(29)31(32)28-21(2)13-11-14-22(28)3/h5,8-14,17-19,24,30-31H,6-7,15-16H2,1-4H3/i30D. The highest BCUT2D eigenvalue weighted by atomic mass is 15.4. The SMILES string of the molecule is [2H]C1(C2CCCC2)c2ccccc2C2=C(C)N(c3ccccc3C)C(c3c(C)cccc3C)N21. The predicted octanol–water partition coefficient (Wildman–Crippen LogP) is 8.07. The van der Waals surface area contributed by atoms with E-state index < -0.39 is 6.02 Å². The monoisotopic (exact) mass is 435 g/mol. The van der Waals surface area contributed by atoms with Gasteiger partial charge in [0, 0.05) is 22.5 Å². The van der Waals surface area contributed by atoms with Gasteiger partial charge in [0.2, 0.25) is 0 Å². The summed E-state index contributed by atoms with van der Waals surface area (Å²) in [5.41, 5.74) is 11.4. The minimum absolute atomic E-state index is 0.0391. The minimum Gasteiger partial charge on any atom is -0.338 e. The van der Waals surface area contributed by atoms with Crippen molar-refractivity contribution in [2.24, 2.45) is 5.92 Å². The molecule has 0 saturated heterocycles. The van der Waals surface area contributed by atoms with Crippen LogP contribution in [0.1, 0.15) is 79.5 Å². The Kier molecular flexibility index (Phi) is 4.60. The Morgan fingerprint density at radius 1 is 0.758 bits per heavy atom. The second-order valence-corrected chi connectivity index (χ2v) is 10.1. The number of benzene rings is 3. The van der Waals surface area contributed by atoms with Gasteiger partial charge in [-0.1, -0.05) is 73.5 Å². The maximum Gasteiger partial charge on any atom is 0.133 e. The zero-order valence-electron chi connectivity index (χ0n) is 21.2. The lowest BCUT2D eigenvalue weighted by atomic mass is 9.89. The predicted molar refractivity (Wildman–Crippen MR) is 138 cm³/mol. The van der Waals surface area contributed by atoms with Crippen molar-refractivity contribution in [2.45, 2.75) is 65.6 Å². The molecule has 0 N–H and O–H groups in total. The van der Waals surface area contributed by atoms with Crippen LogP contribution in [0.2, 0.25) is 0 Å². The van der Waals surface area contributed by atoms with Gasteiger partial charge in [-0.2, -0.15) is 0 Å². The van der Waals surface area contributed by atoms with Crippen LogP contribution in [0.25, 0.3) is 5.70 Å². The molecule has 2 aliphatic heterocycles. The molecule has 2 heteroatoms. The molecule has 0 radical (unpaired) electrons. The van der Waals surface area contributed by atoms with E-state index in [0.717, 1.165) is 12.8 Å². The molecule has 1 aliphatic carbocycles. The van der Waals surface area contributed by atoms with Crippen LogP contribution in [0.3, 0.4) is 0 Å². The maximum absolute atomic E-state index is 10.3. The third kappa shape index (κ3) is 3.00. The highest BCUT2D eigenvalue weighted by molar-refractivity contribution is 5.82. The van der Waals surface area contributed by atoms with Gasteiger partial charge in [0.1, 0.15) is 6.17 Å². The lowest BCUT2D eigenvalue weighted by molar-refractivity contribution is 0.188. The summed E-state index contributed by atoms with van der Waals surface area (Å²) in [7, 11) is 0. The first kappa shape index (κ1) is 19.5. The van der Waals surface area contributed by atoms with Gasteiger partial charge in [0.25, 0.3) is 0 Å². The van der Waals surface area contributed by atoms with Crippen molar-refractivity contribution in [3.63, 3.8) is 0 Å². The van der Waals surface area contributed by atoms with E-state index in [0.29, 0.717) is 5.92 Å². The molecule has 6 rings (SSSR count). The molecule has 0 spiro atoms. The molecule has 0 aromatic heterocycles. The molecule has 2 nitrogen and oxygen atoms in total. The van der Waals surface area contributed by atoms with Crippen molar-refractivity contribution in [1.82, 2.24) is 4.90 Å². The van der Waals surface area contributed by atoms with Crippen LogP contribution >= 0.6 is 0 Å². The van der Waals surface area contributed by atoms with E-state index in [1.807, 2.05) is 0 Å². The summed E-state index contributed by atoms with van der Waals surface area (Å²) < 4.78 is 10.3. The number of hydrogen-bond donors (Lipinski definition) is 0. The summed E-state index contributed by atoms with van der Waals surface area (Å²) >= 11 is 0. The molecule has 0 bridgehead atoms. The third-order valence-electron chi connectivity index (χ3n) is 8.07. The number of aryl methyl sites for hydroxylation is 3. The van der Waals surface area contributed by atoms with Gasteiger partial charge >= 0.3 is 0 Å². The number of fused-ring (bicyclic) bond motifs is 3. The zero-order valence-corrected chi connectivity index (χ0v) is 20.2. The summed E-state index contributed by atoms with van der Waals surface area (Å²) in [6.07, 6.45) is 4.68. The van der Waals surface area contributed by atoms with Crippen LogP contribution in [0.4, 0.5) is 5.69 Å². The highest BCUT2D eigenvalue weighted by Gasteiger charge is 2.50. The zero-order chi connectivity index (χ0) is 23.6. The number of nitrogens with zero attached hydrogens (tertiary/aromatic N) is 2. The third-order valence-corrected chi connectivity index (χ3v) is 8.07. The second-order valence-electron chi connectivity index (χ2n) is 10.1. The molecule has 2 unspecified atom stereocenters. The van der Waals surface area contributed by atoms with E-state index in [9.17, 15) is 1.37 Å². The summed E-state index contributed by atoms with van der Waals surface area (Å²) in [6.45, 7) is 8.93. The Balaban J connectivity index is 1.67. The Hall–Kier alpha value is -3.00. The lowest BCUT2D eigenvalue weighted by Gasteiger charge is -2.41. The minimum atomic E-state index is -0.763. The Morgan fingerprint density at radius 2 is 1.39 bits per heavy atom. The molecule has 1 fully saturated rings. The van der Waals surface area contributed by atoms with E-state index in [4.69, 9.17) is 0 Å². The lowest BCUT2D eigenvalue weighted by Crippen LogP contribution is -2.36. The van der Waals surface area contributed by atoms with Gasteiger partial charge in [0.05, 0.1) is 13.1 Å². The number of allylic oxidation sites excluding steroid dienone is 1. The molecular formula is C31H34N2. The van der Waals surface area contributed by atoms with Crippen molar-refractivity contribution in [1.29, 1.82) is 0 Å². The summed E-state index contributed by atoms with van der Waals surface area (Å²) in [5.74, 6) is 0.336. The Labute approximate surface area is 200 Å². The fourth-order valence-electron chi connectivity index (χ4n) is 6.58. The summed E-state index contributed by atoms with van der Waals surface area (Å²) in [4.78, 5) is 5.03. The van der Waals surface area contributed by atoms with Crippen molar-refractivity contribution in [3.05, 3.63) is 106 Å². The number of anilines is 1. The van der Waals surface area contributed by atoms with Crippen molar-refractivity contribution in [3.8, 4) is 0 Å². The smallest absolute Gasteiger partial charge is 0.133 e. The first-order valence-electron chi connectivity index (χ1n) is 13.0. The molecule has 2 atom stereocenters. The number of para-hydroxylation sites is 1. The second kappa shape index (κ2) is 7.80. The fourth-order valence-corrected chi connectivity index (χ4v) is 6.58. The quantitative estimate of drug-likeness (QED) is 0.410. The van der Waals surface area contributed by atoms with Crippen molar-refractivity contribution >= 4 is 11.4 Å². The molecule has 1 saturated carbocycles. The summed E-state index contributed by atoms with van der Waals surface area (Å²) in [5, 5.41) is 0. The van der Waals surface area contributed by atoms with Gasteiger partial charge in [-0.05, 0) is 74.8 Å². The van der Waals surface area contributed by atoms with E-state index >= 15 is 0 Å². The normalized spacial score (nSPS) is 25.0. The fraction of sp³-hybridized carbons (Fsp3) is 0.355. The number of hydrogen-bond acceptors (Lipinski definition) is 2. The molecule has 2 heterocycles. The molecule has 3 aliphatic rings. The maximum atomic E-state index is 10.3. The molecular weight excluding hydrogens is 400 g/mol. The topological polar surface area (TPSA) is 6.48 Å². The summed E-state index contributed by atoms with van der Waals surface area (Å²) in [6, 6.07) is 23.3.